The highest BCUT2D eigenvalue weighted by Gasteiger charge is 2.03. The first-order valence-electron chi connectivity index (χ1n) is 5.47. The number of hydrogen-bond acceptors (Lipinski definition) is 3. The normalized spacial score (nSPS) is 9.78. The summed E-state index contributed by atoms with van der Waals surface area (Å²) in [7, 11) is 0. The molecule has 0 heterocycles. The zero-order chi connectivity index (χ0) is 13.0. The van der Waals surface area contributed by atoms with Crippen LogP contribution < -0.4 is 11.1 Å². The molecule has 0 radical (unpaired) electrons. The molecule has 0 aliphatic rings. The number of nitrogens with two attached hydrogens (primary N) is 1. The maximum atomic E-state index is 9.02. The van der Waals surface area contributed by atoms with E-state index in [9.17, 15) is 0 Å². The SMILES string of the molecule is N#Cc1cc(N)ccc1NCc1ccccc1Cl. The third-order valence-corrected chi connectivity index (χ3v) is 2.96. The second-order valence-corrected chi connectivity index (χ2v) is 4.27. The third kappa shape index (κ3) is 2.73. The van der Waals surface area contributed by atoms with Gasteiger partial charge in [0.1, 0.15) is 6.07 Å². The summed E-state index contributed by atoms with van der Waals surface area (Å²) in [5, 5.41) is 12.9. The van der Waals surface area contributed by atoms with Gasteiger partial charge in [-0.2, -0.15) is 5.26 Å². The zero-order valence-electron chi connectivity index (χ0n) is 9.65. The summed E-state index contributed by atoms with van der Waals surface area (Å²) >= 11 is 6.06. The molecule has 18 heavy (non-hydrogen) atoms. The van der Waals surface area contributed by atoms with Crippen molar-refractivity contribution in [3.05, 3.63) is 58.6 Å². The van der Waals surface area contributed by atoms with Crippen LogP contribution in [0.1, 0.15) is 11.1 Å². The predicted molar refractivity (Wildman–Crippen MR) is 74.3 cm³/mol. The summed E-state index contributed by atoms with van der Waals surface area (Å²) in [6.45, 7) is 0.568. The van der Waals surface area contributed by atoms with E-state index in [-0.39, 0.29) is 0 Å². The molecule has 0 aliphatic heterocycles. The number of nitrogen functional groups attached to an aromatic ring is 1. The number of anilines is 2. The number of nitrogens with one attached hydrogen (secondary N) is 1. The Balaban J connectivity index is 2.16. The zero-order valence-corrected chi connectivity index (χ0v) is 10.4. The van der Waals surface area contributed by atoms with Crippen LogP contribution in [0.25, 0.3) is 0 Å². The van der Waals surface area contributed by atoms with Gasteiger partial charge >= 0.3 is 0 Å². The molecule has 0 saturated carbocycles. The molecule has 0 bridgehead atoms. The van der Waals surface area contributed by atoms with E-state index in [1.165, 1.54) is 0 Å². The fourth-order valence-electron chi connectivity index (χ4n) is 1.64. The van der Waals surface area contributed by atoms with Crippen LogP contribution >= 0.6 is 11.6 Å². The molecule has 0 aliphatic carbocycles. The van der Waals surface area contributed by atoms with E-state index in [0.29, 0.717) is 22.8 Å². The molecule has 0 amide bonds. The van der Waals surface area contributed by atoms with Gasteiger partial charge in [0.2, 0.25) is 0 Å². The Morgan fingerprint density at radius 1 is 1.22 bits per heavy atom. The first-order valence-corrected chi connectivity index (χ1v) is 5.85. The average molecular weight is 258 g/mol. The minimum absolute atomic E-state index is 0.530. The topological polar surface area (TPSA) is 61.8 Å². The summed E-state index contributed by atoms with van der Waals surface area (Å²) in [5.74, 6) is 0. The Morgan fingerprint density at radius 2 is 2.00 bits per heavy atom. The lowest BCUT2D eigenvalue weighted by atomic mass is 10.1. The second kappa shape index (κ2) is 5.44. The van der Waals surface area contributed by atoms with Crippen LogP contribution in [0.3, 0.4) is 0 Å². The fraction of sp³-hybridized carbons (Fsp3) is 0.0714. The molecule has 2 aromatic rings. The molecule has 3 nitrogen and oxygen atoms in total. The summed E-state index contributed by atoms with van der Waals surface area (Å²) in [4.78, 5) is 0. The first-order chi connectivity index (χ1) is 8.70. The Kier molecular flexibility index (Phi) is 3.71. The molecule has 2 rings (SSSR count). The maximum absolute atomic E-state index is 9.02. The molecule has 0 spiro atoms. The van der Waals surface area contributed by atoms with E-state index < -0.39 is 0 Å². The van der Waals surface area contributed by atoms with Gasteiger partial charge in [-0.3, -0.25) is 0 Å². The quantitative estimate of drug-likeness (QED) is 0.829. The summed E-state index contributed by atoms with van der Waals surface area (Å²) < 4.78 is 0. The van der Waals surface area contributed by atoms with E-state index in [1.807, 2.05) is 24.3 Å². The molecule has 0 atom stereocenters. The molecule has 0 aromatic heterocycles. The molecular formula is C14H12ClN3. The van der Waals surface area contributed by atoms with E-state index in [2.05, 4.69) is 11.4 Å². The van der Waals surface area contributed by atoms with Crippen molar-refractivity contribution in [2.75, 3.05) is 11.1 Å². The molecule has 3 N–H and O–H groups in total. The average Bonchev–Trinajstić information content (AvgIpc) is 2.39. The molecule has 4 heteroatoms. The van der Waals surface area contributed by atoms with Crippen molar-refractivity contribution < 1.29 is 0 Å². The van der Waals surface area contributed by atoms with Gasteiger partial charge in [-0.25, -0.2) is 0 Å². The van der Waals surface area contributed by atoms with Crippen LogP contribution in [0, 0.1) is 11.3 Å². The molecule has 0 saturated heterocycles. The van der Waals surface area contributed by atoms with Gasteiger partial charge in [0.25, 0.3) is 0 Å². The van der Waals surface area contributed by atoms with Gasteiger partial charge in [0.05, 0.1) is 11.3 Å². The van der Waals surface area contributed by atoms with Crippen molar-refractivity contribution in [2.24, 2.45) is 0 Å². The van der Waals surface area contributed by atoms with Crippen LogP contribution in [0.5, 0.6) is 0 Å². The lowest BCUT2D eigenvalue weighted by molar-refractivity contribution is 1.15. The van der Waals surface area contributed by atoms with Crippen molar-refractivity contribution in [1.29, 1.82) is 5.26 Å². The molecule has 0 unspecified atom stereocenters. The van der Waals surface area contributed by atoms with Gasteiger partial charge in [0, 0.05) is 17.3 Å². The van der Waals surface area contributed by atoms with Gasteiger partial charge in [-0.1, -0.05) is 29.8 Å². The minimum atomic E-state index is 0.530. The summed E-state index contributed by atoms with van der Waals surface area (Å²) in [5.41, 5.74) is 8.48. The minimum Gasteiger partial charge on any atom is -0.399 e. The Morgan fingerprint density at radius 3 is 2.72 bits per heavy atom. The predicted octanol–water partition coefficient (Wildman–Crippen LogP) is 3.41. The summed E-state index contributed by atoms with van der Waals surface area (Å²) in [6, 6.07) is 14.9. The molecule has 90 valence electrons. The molecule has 2 aromatic carbocycles. The van der Waals surface area contributed by atoms with E-state index in [4.69, 9.17) is 22.6 Å². The van der Waals surface area contributed by atoms with Crippen molar-refractivity contribution in [2.45, 2.75) is 6.54 Å². The number of nitrogens with zero attached hydrogens (tertiary/aromatic N) is 1. The number of hydrogen-bond donors (Lipinski definition) is 2. The van der Waals surface area contributed by atoms with Crippen molar-refractivity contribution in [1.82, 2.24) is 0 Å². The van der Waals surface area contributed by atoms with Crippen LogP contribution in [0.4, 0.5) is 11.4 Å². The smallest absolute Gasteiger partial charge is 0.101 e. The molecular weight excluding hydrogens is 246 g/mol. The second-order valence-electron chi connectivity index (χ2n) is 3.86. The van der Waals surface area contributed by atoms with Crippen LogP contribution in [-0.4, -0.2) is 0 Å². The summed E-state index contributed by atoms with van der Waals surface area (Å²) in [6.07, 6.45) is 0. The lowest BCUT2D eigenvalue weighted by Crippen LogP contribution is -2.02. The monoisotopic (exact) mass is 257 g/mol. The van der Waals surface area contributed by atoms with Crippen LogP contribution in [0.2, 0.25) is 5.02 Å². The highest BCUT2D eigenvalue weighted by atomic mass is 35.5. The maximum Gasteiger partial charge on any atom is 0.101 e. The molecule has 0 fully saturated rings. The fourth-order valence-corrected chi connectivity index (χ4v) is 1.84. The van der Waals surface area contributed by atoms with Gasteiger partial charge in [0.15, 0.2) is 0 Å². The van der Waals surface area contributed by atoms with Crippen molar-refractivity contribution in [3.8, 4) is 6.07 Å². The first kappa shape index (κ1) is 12.3. The third-order valence-electron chi connectivity index (χ3n) is 2.59. The number of halogens is 1. The Hall–Kier alpha value is -2.18. The lowest BCUT2D eigenvalue weighted by Gasteiger charge is -2.09. The van der Waals surface area contributed by atoms with E-state index >= 15 is 0 Å². The standard InChI is InChI=1S/C14H12ClN3/c15-13-4-2-1-3-10(13)9-18-14-6-5-12(17)7-11(14)8-16/h1-7,18H,9,17H2. The Bertz CT molecular complexity index is 602. The van der Waals surface area contributed by atoms with Gasteiger partial charge in [-0.15, -0.1) is 0 Å². The van der Waals surface area contributed by atoms with Gasteiger partial charge < -0.3 is 11.1 Å². The number of rotatable bonds is 3. The highest BCUT2D eigenvalue weighted by molar-refractivity contribution is 6.31. The van der Waals surface area contributed by atoms with Crippen molar-refractivity contribution in [3.63, 3.8) is 0 Å². The van der Waals surface area contributed by atoms with E-state index in [1.54, 1.807) is 18.2 Å². The largest absolute Gasteiger partial charge is 0.399 e. The number of benzene rings is 2. The van der Waals surface area contributed by atoms with Crippen molar-refractivity contribution >= 4 is 23.0 Å². The van der Waals surface area contributed by atoms with Crippen LogP contribution in [-0.2, 0) is 6.54 Å². The van der Waals surface area contributed by atoms with E-state index in [0.717, 1.165) is 11.3 Å². The Labute approximate surface area is 111 Å². The van der Waals surface area contributed by atoms with Gasteiger partial charge in [-0.05, 0) is 29.8 Å². The highest BCUT2D eigenvalue weighted by Crippen LogP contribution is 2.21. The number of nitriles is 1. The van der Waals surface area contributed by atoms with Crippen LogP contribution in [0.15, 0.2) is 42.5 Å².